The lowest BCUT2D eigenvalue weighted by atomic mass is 10.1. The van der Waals surface area contributed by atoms with E-state index in [1.54, 1.807) is 6.20 Å². The van der Waals surface area contributed by atoms with Crippen molar-refractivity contribution in [2.24, 2.45) is 0 Å². The Labute approximate surface area is 136 Å². The summed E-state index contributed by atoms with van der Waals surface area (Å²) >= 11 is 0. The third kappa shape index (κ3) is 5.84. The summed E-state index contributed by atoms with van der Waals surface area (Å²) in [5, 5.41) is 2.60. The number of rotatable bonds is 2. The van der Waals surface area contributed by atoms with Crippen LogP contribution in [0.5, 0.6) is 0 Å². The molecule has 23 heavy (non-hydrogen) atoms. The Morgan fingerprint density at radius 1 is 1.17 bits per heavy atom. The van der Waals surface area contributed by atoms with E-state index in [0.717, 1.165) is 16.8 Å². The van der Waals surface area contributed by atoms with Crippen LogP contribution < -0.4 is 5.32 Å². The van der Waals surface area contributed by atoms with Crippen LogP contribution in [0.4, 0.5) is 4.79 Å². The maximum atomic E-state index is 11.5. The first-order valence-corrected chi connectivity index (χ1v) is 7.41. The number of benzene rings is 1. The summed E-state index contributed by atoms with van der Waals surface area (Å²) in [5.74, 6) is 5.90. The van der Waals surface area contributed by atoms with Crippen molar-refractivity contribution in [1.82, 2.24) is 10.3 Å². The van der Waals surface area contributed by atoms with Gasteiger partial charge >= 0.3 is 6.09 Å². The van der Waals surface area contributed by atoms with Crippen molar-refractivity contribution in [3.8, 4) is 23.1 Å². The number of amides is 1. The van der Waals surface area contributed by atoms with E-state index in [0.29, 0.717) is 0 Å². The van der Waals surface area contributed by atoms with E-state index in [1.807, 2.05) is 63.2 Å². The van der Waals surface area contributed by atoms with Gasteiger partial charge < -0.3 is 10.1 Å². The number of pyridine rings is 1. The number of hydrogen-bond donors (Lipinski definition) is 1. The molecule has 0 saturated heterocycles. The Hall–Kier alpha value is -2.80. The summed E-state index contributed by atoms with van der Waals surface area (Å²) in [6.45, 7) is 5.71. The highest BCUT2D eigenvalue weighted by molar-refractivity contribution is 5.68. The lowest BCUT2D eigenvalue weighted by Crippen LogP contribution is -2.32. The number of ether oxygens (including phenoxy) is 1. The second kappa shape index (κ2) is 7.46. The Kier molecular flexibility index (Phi) is 5.37. The zero-order valence-corrected chi connectivity index (χ0v) is 13.6. The van der Waals surface area contributed by atoms with Gasteiger partial charge in [-0.05, 0) is 45.0 Å². The van der Waals surface area contributed by atoms with E-state index in [1.165, 1.54) is 0 Å². The highest BCUT2D eigenvalue weighted by atomic mass is 16.6. The molecule has 0 aliphatic carbocycles. The van der Waals surface area contributed by atoms with Crippen LogP contribution in [0.1, 0.15) is 26.3 Å². The third-order valence-electron chi connectivity index (χ3n) is 2.80. The van der Waals surface area contributed by atoms with Crippen LogP contribution in [-0.4, -0.2) is 23.2 Å². The van der Waals surface area contributed by atoms with E-state index in [-0.39, 0.29) is 6.54 Å². The van der Waals surface area contributed by atoms with Crippen molar-refractivity contribution in [2.45, 2.75) is 26.4 Å². The molecule has 1 aromatic carbocycles. The highest BCUT2D eigenvalue weighted by Crippen LogP contribution is 2.16. The first kappa shape index (κ1) is 16.6. The van der Waals surface area contributed by atoms with Crippen molar-refractivity contribution in [3.63, 3.8) is 0 Å². The Morgan fingerprint density at radius 2 is 1.91 bits per heavy atom. The quantitative estimate of drug-likeness (QED) is 0.862. The molecule has 2 aromatic rings. The normalized spacial score (nSPS) is 10.4. The highest BCUT2D eigenvalue weighted by Gasteiger charge is 2.14. The van der Waals surface area contributed by atoms with Crippen LogP contribution in [0.3, 0.4) is 0 Å². The fourth-order valence-corrected chi connectivity index (χ4v) is 1.83. The number of nitrogens with one attached hydrogen (secondary N) is 1. The predicted octanol–water partition coefficient (Wildman–Crippen LogP) is 3.62. The molecule has 1 aromatic heterocycles. The molecule has 0 aliphatic rings. The lowest BCUT2D eigenvalue weighted by Gasteiger charge is -2.18. The number of carbonyl (C=O) groups excluding carboxylic acids is 1. The van der Waals surface area contributed by atoms with Crippen LogP contribution in [0.15, 0.2) is 48.7 Å². The zero-order chi connectivity index (χ0) is 16.7. The van der Waals surface area contributed by atoms with Crippen molar-refractivity contribution in [1.29, 1.82) is 0 Å². The van der Waals surface area contributed by atoms with Gasteiger partial charge in [-0.25, -0.2) is 4.79 Å². The van der Waals surface area contributed by atoms with Gasteiger partial charge in [0.15, 0.2) is 0 Å². The van der Waals surface area contributed by atoms with Gasteiger partial charge in [-0.2, -0.15) is 0 Å². The van der Waals surface area contributed by atoms with Gasteiger partial charge in [0, 0.05) is 17.3 Å². The van der Waals surface area contributed by atoms with Gasteiger partial charge in [-0.1, -0.05) is 30.0 Å². The molecule has 0 unspecified atom stereocenters. The van der Waals surface area contributed by atoms with Gasteiger partial charge in [-0.3, -0.25) is 4.98 Å². The SMILES string of the molecule is CC(C)(C)OC(=O)NCC#Cc1ccc(-c2ccccn2)cc1. The molecule has 0 radical (unpaired) electrons. The summed E-state index contributed by atoms with van der Waals surface area (Å²) in [6, 6.07) is 13.6. The summed E-state index contributed by atoms with van der Waals surface area (Å²) in [6.07, 6.45) is 1.31. The van der Waals surface area contributed by atoms with Crippen molar-refractivity contribution in [3.05, 3.63) is 54.2 Å². The maximum absolute atomic E-state index is 11.5. The van der Waals surface area contributed by atoms with Gasteiger partial charge in [0.1, 0.15) is 5.60 Å². The summed E-state index contributed by atoms with van der Waals surface area (Å²) in [5.41, 5.74) is 2.36. The molecule has 1 amide bonds. The van der Waals surface area contributed by atoms with Crippen LogP contribution in [-0.2, 0) is 4.74 Å². The van der Waals surface area contributed by atoms with Crippen molar-refractivity contribution >= 4 is 6.09 Å². The molecule has 0 bridgehead atoms. The molecule has 118 valence electrons. The molecule has 0 aliphatic heterocycles. The van der Waals surface area contributed by atoms with Gasteiger partial charge in [0.25, 0.3) is 0 Å². The average Bonchev–Trinajstić information content (AvgIpc) is 2.51. The lowest BCUT2D eigenvalue weighted by molar-refractivity contribution is 0.0535. The minimum Gasteiger partial charge on any atom is -0.444 e. The molecule has 2 rings (SSSR count). The Bertz CT molecular complexity index is 705. The molecule has 1 heterocycles. The number of carbonyl (C=O) groups is 1. The maximum Gasteiger partial charge on any atom is 0.408 e. The monoisotopic (exact) mass is 308 g/mol. The number of aromatic nitrogens is 1. The fourth-order valence-electron chi connectivity index (χ4n) is 1.83. The predicted molar refractivity (Wildman–Crippen MR) is 90.8 cm³/mol. The number of alkyl carbamates (subject to hydrolysis) is 1. The fraction of sp³-hybridized carbons (Fsp3) is 0.263. The van der Waals surface area contributed by atoms with Gasteiger partial charge in [-0.15, -0.1) is 0 Å². The second-order valence-corrected chi connectivity index (χ2v) is 5.95. The smallest absolute Gasteiger partial charge is 0.408 e. The van der Waals surface area contributed by atoms with E-state index in [9.17, 15) is 4.79 Å². The molecule has 4 heteroatoms. The Morgan fingerprint density at radius 3 is 2.52 bits per heavy atom. The van der Waals surface area contributed by atoms with Crippen molar-refractivity contribution < 1.29 is 9.53 Å². The van der Waals surface area contributed by atoms with E-state index >= 15 is 0 Å². The summed E-state index contributed by atoms with van der Waals surface area (Å²) in [7, 11) is 0. The average molecular weight is 308 g/mol. The molecule has 0 saturated carbocycles. The molecular weight excluding hydrogens is 288 g/mol. The van der Waals surface area contributed by atoms with Crippen LogP contribution in [0.2, 0.25) is 0 Å². The van der Waals surface area contributed by atoms with Crippen LogP contribution in [0.25, 0.3) is 11.3 Å². The van der Waals surface area contributed by atoms with Gasteiger partial charge in [0.2, 0.25) is 0 Å². The molecule has 1 N–H and O–H groups in total. The van der Waals surface area contributed by atoms with E-state index < -0.39 is 11.7 Å². The number of nitrogens with zero attached hydrogens (tertiary/aromatic N) is 1. The van der Waals surface area contributed by atoms with E-state index in [2.05, 4.69) is 22.1 Å². The molecule has 4 nitrogen and oxygen atoms in total. The number of hydrogen-bond acceptors (Lipinski definition) is 3. The van der Waals surface area contributed by atoms with Gasteiger partial charge in [0.05, 0.1) is 12.2 Å². The minimum absolute atomic E-state index is 0.247. The molecule has 0 spiro atoms. The zero-order valence-electron chi connectivity index (χ0n) is 13.6. The molecular formula is C19H20N2O2. The Balaban J connectivity index is 1.89. The van der Waals surface area contributed by atoms with E-state index in [4.69, 9.17) is 4.74 Å². The first-order chi connectivity index (χ1) is 10.9. The third-order valence-corrected chi connectivity index (χ3v) is 2.80. The molecule has 0 atom stereocenters. The van der Waals surface area contributed by atoms with Crippen molar-refractivity contribution in [2.75, 3.05) is 6.54 Å². The standard InChI is InChI=1S/C19H20N2O2/c1-19(2,3)23-18(22)21-14-6-7-15-9-11-16(12-10-15)17-8-4-5-13-20-17/h4-5,8-13H,14H2,1-3H3,(H,21,22). The minimum atomic E-state index is -0.501. The summed E-state index contributed by atoms with van der Waals surface area (Å²) in [4.78, 5) is 15.8. The van der Waals surface area contributed by atoms with Crippen LogP contribution >= 0.6 is 0 Å². The molecule has 0 fully saturated rings. The van der Waals surface area contributed by atoms with Crippen LogP contribution in [0, 0.1) is 11.8 Å². The first-order valence-electron chi connectivity index (χ1n) is 7.41. The summed E-state index contributed by atoms with van der Waals surface area (Å²) < 4.78 is 5.13. The topological polar surface area (TPSA) is 51.2 Å². The largest absolute Gasteiger partial charge is 0.444 e. The second-order valence-electron chi connectivity index (χ2n) is 5.95.